The number of carbonyl (C=O) groups excluding carboxylic acids is 2. The lowest BCUT2D eigenvalue weighted by atomic mass is 9.77. The minimum atomic E-state index is -0.302. The molecule has 3 heterocycles. The zero-order chi connectivity index (χ0) is 17.4. The van der Waals surface area contributed by atoms with E-state index in [9.17, 15) is 9.59 Å². The molecular weight excluding hydrogens is 322 g/mol. The van der Waals surface area contributed by atoms with Gasteiger partial charge < -0.3 is 14.4 Å². The van der Waals surface area contributed by atoms with Gasteiger partial charge in [-0.25, -0.2) is 4.79 Å². The van der Waals surface area contributed by atoms with E-state index >= 15 is 0 Å². The summed E-state index contributed by atoms with van der Waals surface area (Å²) in [5.41, 5.74) is 1.06. The summed E-state index contributed by atoms with van der Waals surface area (Å²) in [6, 6.07) is 5.57. The van der Waals surface area contributed by atoms with Gasteiger partial charge in [0, 0.05) is 12.5 Å². The summed E-state index contributed by atoms with van der Waals surface area (Å²) < 4.78 is 10.9. The van der Waals surface area contributed by atoms with Gasteiger partial charge in [0.15, 0.2) is 11.5 Å². The number of nitrogens with one attached hydrogen (secondary N) is 2. The SMILES string of the molecule is CCCCN1C(=O)NC(=O)C2C(c3ccc4c(c3)OCO4)CCNC21. The summed E-state index contributed by atoms with van der Waals surface area (Å²) in [6.07, 6.45) is 2.50. The average molecular weight is 345 g/mol. The molecule has 0 spiro atoms. The monoisotopic (exact) mass is 345 g/mol. The van der Waals surface area contributed by atoms with Crippen LogP contribution >= 0.6 is 0 Å². The molecule has 0 aliphatic carbocycles. The zero-order valence-electron chi connectivity index (χ0n) is 14.3. The Bertz CT molecular complexity index is 693. The van der Waals surface area contributed by atoms with Gasteiger partial charge in [0.25, 0.3) is 0 Å². The highest BCUT2D eigenvalue weighted by Gasteiger charge is 2.47. The Morgan fingerprint density at radius 3 is 2.92 bits per heavy atom. The molecule has 2 saturated heterocycles. The molecule has 2 N–H and O–H groups in total. The quantitative estimate of drug-likeness (QED) is 0.870. The third-order valence-electron chi connectivity index (χ3n) is 5.29. The Balaban J connectivity index is 1.63. The van der Waals surface area contributed by atoms with E-state index < -0.39 is 0 Å². The average Bonchev–Trinajstić information content (AvgIpc) is 3.08. The Morgan fingerprint density at radius 1 is 1.24 bits per heavy atom. The molecule has 134 valence electrons. The fourth-order valence-electron chi connectivity index (χ4n) is 4.02. The van der Waals surface area contributed by atoms with Gasteiger partial charge in [-0.15, -0.1) is 0 Å². The summed E-state index contributed by atoms with van der Waals surface area (Å²) in [5, 5.41) is 5.92. The van der Waals surface area contributed by atoms with E-state index in [0.717, 1.165) is 42.9 Å². The van der Waals surface area contributed by atoms with Crippen LogP contribution < -0.4 is 20.1 Å². The molecule has 0 radical (unpaired) electrons. The van der Waals surface area contributed by atoms with E-state index in [1.54, 1.807) is 4.90 Å². The van der Waals surface area contributed by atoms with Gasteiger partial charge in [0.1, 0.15) is 0 Å². The van der Waals surface area contributed by atoms with Crippen molar-refractivity contribution in [2.75, 3.05) is 19.9 Å². The van der Waals surface area contributed by atoms with E-state index in [0.29, 0.717) is 6.54 Å². The Morgan fingerprint density at radius 2 is 2.08 bits per heavy atom. The maximum absolute atomic E-state index is 12.6. The number of benzene rings is 1. The summed E-state index contributed by atoms with van der Waals surface area (Å²) in [7, 11) is 0. The second kappa shape index (κ2) is 6.55. The van der Waals surface area contributed by atoms with Crippen molar-refractivity contribution in [2.45, 2.75) is 38.3 Å². The first kappa shape index (κ1) is 16.2. The van der Waals surface area contributed by atoms with Crippen LogP contribution in [-0.2, 0) is 4.79 Å². The maximum atomic E-state index is 12.6. The number of urea groups is 1. The molecule has 0 saturated carbocycles. The van der Waals surface area contributed by atoms with Crippen LogP contribution in [-0.4, -0.2) is 42.9 Å². The standard InChI is InChI=1S/C18H23N3O4/c1-2-3-8-21-16-15(17(22)20-18(21)23)12(6-7-19-16)11-4-5-13-14(9-11)25-10-24-13/h4-5,9,12,15-16,19H,2-3,6-8,10H2,1H3,(H,20,22,23). The van der Waals surface area contributed by atoms with Crippen LogP contribution in [0.1, 0.15) is 37.7 Å². The molecule has 25 heavy (non-hydrogen) atoms. The minimum Gasteiger partial charge on any atom is -0.454 e. The van der Waals surface area contributed by atoms with Crippen molar-refractivity contribution in [3.63, 3.8) is 0 Å². The number of piperidine rings is 1. The highest BCUT2D eigenvalue weighted by molar-refractivity contribution is 5.99. The van der Waals surface area contributed by atoms with Crippen LogP contribution in [0.3, 0.4) is 0 Å². The first-order valence-electron chi connectivity index (χ1n) is 8.93. The summed E-state index contributed by atoms with van der Waals surface area (Å²) >= 11 is 0. The Labute approximate surface area is 146 Å². The van der Waals surface area contributed by atoms with Gasteiger partial charge in [-0.1, -0.05) is 19.4 Å². The van der Waals surface area contributed by atoms with Gasteiger partial charge in [0.05, 0.1) is 12.1 Å². The van der Waals surface area contributed by atoms with Crippen LogP contribution in [0, 0.1) is 5.92 Å². The summed E-state index contributed by atoms with van der Waals surface area (Å²) in [6.45, 7) is 3.74. The molecular formula is C18H23N3O4. The van der Waals surface area contributed by atoms with E-state index in [1.165, 1.54) is 0 Å². The number of imide groups is 1. The van der Waals surface area contributed by atoms with Crippen LogP contribution in [0.4, 0.5) is 4.79 Å². The highest BCUT2D eigenvalue weighted by atomic mass is 16.7. The van der Waals surface area contributed by atoms with E-state index in [-0.39, 0.29) is 36.7 Å². The van der Waals surface area contributed by atoms with Crippen LogP contribution in [0.5, 0.6) is 11.5 Å². The summed E-state index contributed by atoms with van der Waals surface area (Å²) in [4.78, 5) is 26.7. The van der Waals surface area contributed by atoms with Crippen molar-refractivity contribution >= 4 is 11.9 Å². The fraction of sp³-hybridized carbons (Fsp3) is 0.556. The molecule has 3 amide bonds. The molecule has 7 heteroatoms. The Kier molecular flexibility index (Phi) is 4.25. The Hall–Kier alpha value is -2.28. The number of amides is 3. The number of ether oxygens (including phenoxy) is 2. The molecule has 3 atom stereocenters. The van der Waals surface area contributed by atoms with E-state index in [4.69, 9.17) is 9.47 Å². The lowest BCUT2D eigenvalue weighted by Crippen LogP contribution is -2.68. The number of fused-ring (bicyclic) bond motifs is 2. The number of hydrogen-bond donors (Lipinski definition) is 2. The van der Waals surface area contributed by atoms with Gasteiger partial charge in [-0.05, 0) is 37.1 Å². The van der Waals surface area contributed by atoms with Crippen molar-refractivity contribution in [1.29, 1.82) is 0 Å². The maximum Gasteiger partial charge on any atom is 0.325 e. The van der Waals surface area contributed by atoms with Crippen molar-refractivity contribution in [1.82, 2.24) is 15.5 Å². The van der Waals surface area contributed by atoms with Crippen molar-refractivity contribution < 1.29 is 19.1 Å². The number of rotatable bonds is 4. The lowest BCUT2D eigenvalue weighted by Gasteiger charge is -2.46. The normalized spacial score (nSPS) is 27.9. The first-order chi connectivity index (χ1) is 12.2. The molecule has 4 rings (SSSR count). The van der Waals surface area contributed by atoms with Crippen LogP contribution in [0.25, 0.3) is 0 Å². The van der Waals surface area contributed by atoms with E-state index in [2.05, 4.69) is 17.6 Å². The minimum absolute atomic E-state index is 0.0398. The zero-order valence-corrected chi connectivity index (χ0v) is 14.3. The van der Waals surface area contributed by atoms with Crippen LogP contribution in [0.15, 0.2) is 18.2 Å². The number of unbranched alkanes of at least 4 members (excludes halogenated alkanes) is 1. The lowest BCUT2D eigenvalue weighted by molar-refractivity contribution is -0.131. The molecule has 7 nitrogen and oxygen atoms in total. The third-order valence-corrected chi connectivity index (χ3v) is 5.29. The largest absolute Gasteiger partial charge is 0.454 e. The predicted molar refractivity (Wildman–Crippen MR) is 90.4 cm³/mol. The molecule has 3 unspecified atom stereocenters. The second-order valence-electron chi connectivity index (χ2n) is 6.77. The van der Waals surface area contributed by atoms with Gasteiger partial charge in [-0.3, -0.25) is 15.4 Å². The number of hydrogen-bond acceptors (Lipinski definition) is 5. The van der Waals surface area contributed by atoms with Crippen molar-refractivity contribution in [3.8, 4) is 11.5 Å². The summed E-state index contributed by atoms with van der Waals surface area (Å²) in [5.74, 6) is 1.00. The molecule has 2 fully saturated rings. The molecule has 1 aromatic rings. The van der Waals surface area contributed by atoms with Crippen LogP contribution in [0.2, 0.25) is 0 Å². The second-order valence-corrected chi connectivity index (χ2v) is 6.77. The van der Waals surface area contributed by atoms with E-state index in [1.807, 2.05) is 18.2 Å². The third kappa shape index (κ3) is 2.82. The fourth-order valence-corrected chi connectivity index (χ4v) is 4.02. The van der Waals surface area contributed by atoms with Gasteiger partial charge >= 0.3 is 6.03 Å². The topological polar surface area (TPSA) is 79.9 Å². The molecule has 0 bridgehead atoms. The molecule has 3 aliphatic rings. The smallest absolute Gasteiger partial charge is 0.325 e. The highest BCUT2D eigenvalue weighted by Crippen LogP contribution is 2.41. The molecule has 0 aromatic heterocycles. The number of carbonyl (C=O) groups is 2. The van der Waals surface area contributed by atoms with Gasteiger partial charge in [-0.2, -0.15) is 0 Å². The molecule has 1 aromatic carbocycles. The predicted octanol–water partition coefficient (Wildman–Crippen LogP) is 1.79. The van der Waals surface area contributed by atoms with Crippen molar-refractivity contribution in [3.05, 3.63) is 23.8 Å². The number of nitrogens with zero attached hydrogens (tertiary/aromatic N) is 1. The van der Waals surface area contributed by atoms with Crippen molar-refractivity contribution in [2.24, 2.45) is 5.92 Å². The van der Waals surface area contributed by atoms with Gasteiger partial charge in [0.2, 0.25) is 12.7 Å². The first-order valence-corrected chi connectivity index (χ1v) is 8.93. The molecule has 3 aliphatic heterocycles.